The maximum Gasteiger partial charge on any atom is 0.175 e. The van der Waals surface area contributed by atoms with Crippen LogP contribution in [0.1, 0.15) is 11.1 Å². The molecular weight excluding hydrogens is 452 g/mol. The minimum absolute atomic E-state index is 0.0632. The third-order valence-corrected chi connectivity index (χ3v) is 4.88. The summed E-state index contributed by atoms with van der Waals surface area (Å²) < 4.78 is 38.3. The zero-order chi connectivity index (χ0) is 20.1. The summed E-state index contributed by atoms with van der Waals surface area (Å²) in [6, 6.07) is 14.3. The highest BCUT2D eigenvalue weighted by molar-refractivity contribution is 9.10. The second-order valence-corrected chi connectivity index (χ2v) is 7.27. The lowest BCUT2D eigenvalue weighted by molar-refractivity contribution is 0.282. The van der Waals surface area contributed by atoms with E-state index in [1.54, 1.807) is 25.3 Å². The van der Waals surface area contributed by atoms with Crippen LogP contribution in [0, 0.1) is 11.6 Å². The number of benzene rings is 3. The van der Waals surface area contributed by atoms with Crippen molar-refractivity contribution < 1.29 is 18.3 Å². The van der Waals surface area contributed by atoms with Crippen molar-refractivity contribution in [2.45, 2.75) is 13.2 Å². The fourth-order valence-corrected chi connectivity index (χ4v) is 3.35. The summed E-state index contributed by atoms with van der Waals surface area (Å²) in [5.41, 5.74) is 2.48. The van der Waals surface area contributed by atoms with E-state index < -0.39 is 5.82 Å². The van der Waals surface area contributed by atoms with Crippen LogP contribution in [0.15, 0.2) is 59.1 Å². The maximum absolute atomic E-state index is 13.3. The summed E-state index contributed by atoms with van der Waals surface area (Å²) in [4.78, 5) is 0. The van der Waals surface area contributed by atoms with Gasteiger partial charge in [0, 0.05) is 12.2 Å². The van der Waals surface area contributed by atoms with Gasteiger partial charge in [0.05, 0.1) is 16.6 Å². The summed E-state index contributed by atoms with van der Waals surface area (Å²) in [5, 5.41) is 3.25. The molecule has 0 saturated heterocycles. The van der Waals surface area contributed by atoms with Crippen LogP contribution in [0.5, 0.6) is 11.5 Å². The van der Waals surface area contributed by atoms with Gasteiger partial charge < -0.3 is 14.8 Å². The molecule has 0 aliphatic rings. The highest BCUT2D eigenvalue weighted by Gasteiger charge is 2.12. The van der Waals surface area contributed by atoms with Crippen LogP contribution in [0.25, 0.3) is 0 Å². The third kappa shape index (κ3) is 5.14. The predicted octanol–water partition coefficient (Wildman–Crippen LogP) is 6.58. The van der Waals surface area contributed by atoms with Crippen LogP contribution in [-0.2, 0) is 13.2 Å². The number of nitrogens with one attached hydrogen (secondary N) is 1. The van der Waals surface area contributed by atoms with E-state index in [0.29, 0.717) is 23.7 Å². The predicted molar refractivity (Wildman–Crippen MR) is 110 cm³/mol. The number of ether oxygens (including phenoxy) is 2. The summed E-state index contributed by atoms with van der Waals surface area (Å²) in [7, 11) is 1.56. The van der Waals surface area contributed by atoms with Gasteiger partial charge >= 0.3 is 0 Å². The van der Waals surface area contributed by atoms with Gasteiger partial charge in [0.15, 0.2) is 11.5 Å². The Labute approximate surface area is 175 Å². The topological polar surface area (TPSA) is 30.5 Å². The van der Waals surface area contributed by atoms with Crippen molar-refractivity contribution >= 4 is 33.2 Å². The standard InChI is InChI=1S/C21H17BrClF2NO2/c1-27-20-9-14(11-26-16-6-7-19(25)18(23)10-16)8-17(22)21(20)28-12-13-2-4-15(24)5-3-13/h2-10,26H,11-12H2,1H3. The molecule has 3 aromatic carbocycles. The van der Waals surface area contributed by atoms with E-state index in [4.69, 9.17) is 21.1 Å². The second-order valence-electron chi connectivity index (χ2n) is 6.01. The van der Waals surface area contributed by atoms with Gasteiger partial charge in [-0.15, -0.1) is 0 Å². The molecular formula is C21H17BrClF2NO2. The Morgan fingerprint density at radius 1 is 1.00 bits per heavy atom. The minimum atomic E-state index is -0.459. The second kappa shape index (κ2) is 9.26. The summed E-state index contributed by atoms with van der Waals surface area (Å²) in [6.45, 7) is 0.760. The van der Waals surface area contributed by atoms with Gasteiger partial charge in [-0.05, 0) is 69.5 Å². The zero-order valence-corrected chi connectivity index (χ0v) is 17.3. The number of halogens is 4. The molecule has 1 N–H and O–H groups in total. The fraction of sp³-hybridized carbons (Fsp3) is 0.143. The SMILES string of the molecule is COc1cc(CNc2ccc(F)c(Cl)c2)cc(Br)c1OCc1ccc(F)cc1. The smallest absolute Gasteiger partial charge is 0.175 e. The van der Waals surface area contributed by atoms with Crippen molar-refractivity contribution in [1.29, 1.82) is 0 Å². The largest absolute Gasteiger partial charge is 0.493 e. The Kier molecular flexibility index (Phi) is 6.75. The van der Waals surface area contributed by atoms with E-state index in [1.165, 1.54) is 24.3 Å². The van der Waals surface area contributed by atoms with Crippen molar-refractivity contribution in [2.24, 2.45) is 0 Å². The normalized spacial score (nSPS) is 10.6. The van der Waals surface area contributed by atoms with Gasteiger partial charge in [0.2, 0.25) is 0 Å². The molecule has 3 aromatic rings. The minimum Gasteiger partial charge on any atom is -0.493 e. The summed E-state index contributed by atoms with van der Waals surface area (Å²) >= 11 is 9.31. The monoisotopic (exact) mass is 467 g/mol. The first kappa shape index (κ1) is 20.4. The first-order valence-corrected chi connectivity index (χ1v) is 9.56. The molecule has 3 rings (SSSR count). The van der Waals surface area contributed by atoms with Crippen LogP contribution in [0.4, 0.5) is 14.5 Å². The highest BCUT2D eigenvalue weighted by atomic mass is 79.9. The van der Waals surface area contributed by atoms with Gasteiger partial charge in [-0.2, -0.15) is 0 Å². The summed E-state index contributed by atoms with van der Waals surface area (Å²) in [6.07, 6.45) is 0. The molecule has 0 bridgehead atoms. The summed E-state index contributed by atoms with van der Waals surface area (Å²) in [5.74, 6) is 0.368. The molecule has 0 aliphatic heterocycles. The van der Waals surface area contributed by atoms with E-state index in [0.717, 1.165) is 15.6 Å². The molecule has 0 saturated carbocycles. The lowest BCUT2D eigenvalue weighted by Gasteiger charge is -2.15. The Morgan fingerprint density at radius 2 is 1.75 bits per heavy atom. The Hall–Kier alpha value is -2.31. The zero-order valence-electron chi connectivity index (χ0n) is 14.9. The maximum atomic E-state index is 13.3. The van der Waals surface area contributed by atoms with Gasteiger partial charge in [-0.1, -0.05) is 23.7 Å². The van der Waals surface area contributed by atoms with Gasteiger partial charge in [0.1, 0.15) is 18.2 Å². The number of methoxy groups -OCH3 is 1. The average Bonchev–Trinajstić information content (AvgIpc) is 2.69. The van der Waals surface area contributed by atoms with Gasteiger partial charge in [-0.25, -0.2) is 8.78 Å². The molecule has 0 fully saturated rings. The quantitative estimate of drug-likeness (QED) is 0.425. The molecule has 0 aliphatic carbocycles. The Morgan fingerprint density at radius 3 is 2.43 bits per heavy atom. The number of rotatable bonds is 7. The molecule has 0 amide bonds. The molecule has 0 atom stereocenters. The van der Waals surface area contributed by atoms with Crippen LogP contribution in [0.3, 0.4) is 0 Å². The van der Waals surface area contributed by atoms with Crippen molar-refractivity contribution in [3.63, 3.8) is 0 Å². The lowest BCUT2D eigenvalue weighted by Crippen LogP contribution is -2.03. The number of hydrogen-bond acceptors (Lipinski definition) is 3. The first-order chi connectivity index (χ1) is 13.5. The molecule has 0 unspecified atom stereocenters. The Bertz CT molecular complexity index is 967. The molecule has 0 spiro atoms. The number of anilines is 1. The van der Waals surface area contributed by atoms with Crippen molar-refractivity contribution in [2.75, 3.05) is 12.4 Å². The van der Waals surface area contributed by atoms with Crippen LogP contribution < -0.4 is 14.8 Å². The van der Waals surface area contributed by atoms with E-state index in [9.17, 15) is 8.78 Å². The first-order valence-electron chi connectivity index (χ1n) is 8.39. The molecule has 7 heteroatoms. The van der Waals surface area contributed by atoms with E-state index in [-0.39, 0.29) is 17.4 Å². The van der Waals surface area contributed by atoms with Gasteiger partial charge in [0.25, 0.3) is 0 Å². The molecule has 28 heavy (non-hydrogen) atoms. The van der Waals surface area contributed by atoms with Crippen molar-refractivity contribution in [1.82, 2.24) is 0 Å². The molecule has 3 nitrogen and oxygen atoms in total. The van der Waals surface area contributed by atoms with Crippen LogP contribution in [-0.4, -0.2) is 7.11 Å². The van der Waals surface area contributed by atoms with E-state index in [1.807, 2.05) is 12.1 Å². The van der Waals surface area contributed by atoms with Crippen LogP contribution in [0.2, 0.25) is 5.02 Å². The lowest BCUT2D eigenvalue weighted by atomic mass is 10.2. The molecule has 146 valence electrons. The number of hydrogen-bond donors (Lipinski definition) is 1. The van der Waals surface area contributed by atoms with Crippen molar-refractivity contribution in [3.8, 4) is 11.5 Å². The van der Waals surface area contributed by atoms with Crippen LogP contribution >= 0.6 is 27.5 Å². The fourth-order valence-electron chi connectivity index (χ4n) is 2.56. The highest BCUT2D eigenvalue weighted by Crippen LogP contribution is 2.37. The van der Waals surface area contributed by atoms with Crippen molar-refractivity contribution in [3.05, 3.63) is 86.9 Å². The average molecular weight is 469 g/mol. The van der Waals surface area contributed by atoms with Gasteiger partial charge in [-0.3, -0.25) is 0 Å². The van der Waals surface area contributed by atoms with E-state index in [2.05, 4.69) is 21.2 Å². The third-order valence-electron chi connectivity index (χ3n) is 4.00. The Balaban J connectivity index is 1.71. The molecule has 0 aromatic heterocycles. The molecule has 0 heterocycles. The molecule has 0 radical (unpaired) electrons. The van der Waals surface area contributed by atoms with E-state index >= 15 is 0 Å².